The Hall–Kier alpha value is -1.97. The minimum absolute atomic E-state index is 0.105. The molecule has 2 amide bonds. The molecule has 5 aliphatic rings. The first-order chi connectivity index (χ1) is 16.1. The summed E-state index contributed by atoms with van der Waals surface area (Å²) in [5.41, 5.74) is 0.357. The third-order valence-electron chi connectivity index (χ3n) is 8.41. The van der Waals surface area contributed by atoms with Crippen LogP contribution in [-0.4, -0.2) is 81.2 Å². The number of nitrogens with one attached hydrogen (secondary N) is 1. The highest BCUT2D eigenvalue weighted by Gasteiger charge is 2.55. The molecule has 186 valence electrons. The highest BCUT2D eigenvalue weighted by molar-refractivity contribution is 7.89. The molecule has 1 saturated heterocycles. The zero-order valence-corrected chi connectivity index (χ0v) is 21.0. The van der Waals surface area contributed by atoms with Crippen molar-refractivity contribution in [2.75, 3.05) is 52.1 Å². The van der Waals surface area contributed by atoms with Crippen LogP contribution in [0.3, 0.4) is 0 Å². The monoisotopic (exact) mass is 488 g/mol. The van der Waals surface area contributed by atoms with Crippen LogP contribution in [0.2, 0.25) is 0 Å². The van der Waals surface area contributed by atoms with Crippen LogP contribution in [0.25, 0.3) is 0 Å². The van der Waals surface area contributed by atoms with Crippen LogP contribution < -0.4 is 5.32 Å². The van der Waals surface area contributed by atoms with Crippen molar-refractivity contribution in [2.45, 2.75) is 43.4 Å². The van der Waals surface area contributed by atoms with Gasteiger partial charge in [0.05, 0.1) is 16.9 Å². The SMILES string of the molecule is CN(C)S(=O)(=O)c1cccc(NC(=O)CN2CCN(C(=O)C34CC5CC(CC(C5)C3)C4)CC2)c1. The van der Waals surface area contributed by atoms with Gasteiger partial charge in [0.2, 0.25) is 21.8 Å². The first-order valence-corrected chi connectivity index (χ1v) is 13.9. The molecular formula is C25H36N4O4S. The molecule has 5 fully saturated rings. The van der Waals surface area contributed by atoms with Gasteiger partial charge in [0.1, 0.15) is 0 Å². The van der Waals surface area contributed by atoms with Gasteiger partial charge in [-0.3, -0.25) is 14.5 Å². The molecule has 0 unspecified atom stereocenters. The number of anilines is 1. The van der Waals surface area contributed by atoms with Crippen LogP contribution in [0, 0.1) is 23.2 Å². The van der Waals surface area contributed by atoms with Crippen LogP contribution in [0.1, 0.15) is 38.5 Å². The smallest absolute Gasteiger partial charge is 0.242 e. The molecule has 4 saturated carbocycles. The third-order valence-corrected chi connectivity index (χ3v) is 10.2. The summed E-state index contributed by atoms with van der Waals surface area (Å²) in [6.45, 7) is 2.93. The van der Waals surface area contributed by atoms with E-state index in [2.05, 4.69) is 15.1 Å². The molecule has 1 aliphatic heterocycles. The molecule has 4 aliphatic carbocycles. The van der Waals surface area contributed by atoms with E-state index in [4.69, 9.17) is 0 Å². The first-order valence-electron chi connectivity index (χ1n) is 12.5. The van der Waals surface area contributed by atoms with Crippen molar-refractivity contribution in [1.82, 2.24) is 14.1 Å². The van der Waals surface area contributed by atoms with E-state index >= 15 is 0 Å². The average molecular weight is 489 g/mol. The zero-order chi connectivity index (χ0) is 24.1. The van der Waals surface area contributed by atoms with Crippen molar-refractivity contribution < 1.29 is 18.0 Å². The lowest BCUT2D eigenvalue weighted by atomic mass is 9.49. The van der Waals surface area contributed by atoms with Gasteiger partial charge >= 0.3 is 0 Å². The highest BCUT2D eigenvalue weighted by atomic mass is 32.2. The van der Waals surface area contributed by atoms with Gasteiger partial charge in [0, 0.05) is 46.0 Å². The third kappa shape index (κ3) is 4.50. The summed E-state index contributed by atoms with van der Waals surface area (Å²) in [5, 5.41) is 2.82. The fourth-order valence-electron chi connectivity index (χ4n) is 7.17. The highest BCUT2D eigenvalue weighted by Crippen LogP contribution is 2.60. The topological polar surface area (TPSA) is 90.0 Å². The molecule has 0 radical (unpaired) electrons. The van der Waals surface area contributed by atoms with Crippen LogP contribution in [0.4, 0.5) is 5.69 Å². The number of carbonyl (C=O) groups is 2. The van der Waals surface area contributed by atoms with E-state index in [1.165, 1.54) is 45.5 Å². The Bertz CT molecular complexity index is 1030. The van der Waals surface area contributed by atoms with E-state index in [-0.39, 0.29) is 22.8 Å². The number of carbonyl (C=O) groups excluding carboxylic acids is 2. The Kier molecular flexibility index (Phi) is 6.23. The van der Waals surface area contributed by atoms with Gasteiger partial charge in [-0.05, 0) is 74.5 Å². The quantitative estimate of drug-likeness (QED) is 0.663. The number of nitrogens with zero attached hydrogens (tertiary/aromatic N) is 3. The molecule has 4 bridgehead atoms. The maximum absolute atomic E-state index is 13.6. The second kappa shape index (κ2) is 8.91. The van der Waals surface area contributed by atoms with E-state index in [9.17, 15) is 18.0 Å². The maximum atomic E-state index is 13.6. The number of hydrogen-bond acceptors (Lipinski definition) is 5. The molecule has 1 aromatic rings. The molecule has 1 aromatic carbocycles. The summed E-state index contributed by atoms with van der Waals surface area (Å²) in [6, 6.07) is 6.32. The minimum Gasteiger partial charge on any atom is -0.340 e. The van der Waals surface area contributed by atoms with Crippen molar-refractivity contribution in [3.05, 3.63) is 24.3 Å². The molecule has 6 rings (SSSR count). The Balaban J connectivity index is 1.14. The average Bonchev–Trinajstić information content (AvgIpc) is 2.78. The number of benzene rings is 1. The number of rotatable bonds is 6. The van der Waals surface area contributed by atoms with Gasteiger partial charge in [-0.1, -0.05) is 6.07 Å². The largest absolute Gasteiger partial charge is 0.340 e. The van der Waals surface area contributed by atoms with Gasteiger partial charge in [-0.15, -0.1) is 0 Å². The standard InChI is InChI=1S/C25H36N4O4S/c1-27(2)34(32,33)22-5-3-4-21(13-22)26-23(30)17-28-6-8-29(9-7-28)24(31)25-14-18-10-19(15-25)12-20(11-18)16-25/h3-5,13,18-20H,6-12,14-17H2,1-2H3,(H,26,30). The van der Waals surface area contributed by atoms with Gasteiger partial charge in [-0.25, -0.2) is 12.7 Å². The van der Waals surface area contributed by atoms with Gasteiger partial charge < -0.3 is 10.2 Å². The lowest BCUT2D eigenvalue weighted by molar-refractivity contribution is -0.159. The second-order valence-electron chi connectivity index (χ2n) is 11.1. The van der Waals surface area contributed by atoms with Gasteiger partial charge in [-0.2, -0.15) is 0 Å². The predicted molar refractivity (Wildman–Crippen MR) is 130 cm³/mol. The van der Waals surface area contributed by atoms with Crippen molar-refractivity contribution in [3.63, 3.8) is 0 Å². The van der Waals surface area contributed by atoms with E-state index in [0.29, 0.717) is 37.8 Å². The number of hydrogen-bond donors (Lipinski definition) is 1. The first kappa shape index (κ1) is 23.8. The molecule has 9 heteroatoms. The van der Waals surface area contributed by atoms with E-state index in [1.54, 1.807) is 12.1 Å². The molecular weight excluding hydrogens is 452 g/mol. The molecule has 0 aromatic heterocycles. The fraction of sp³-hybridized carbons (Fsp3) is 0.680. The molecule has 0 spiro atoms. The summed E-state index contributed by atoms with van der Waals surface area (Å²) in [5.74, 6) is 2.46. The summed E-state index contributed by atoms with van der Waals surface area (Å²) in [6.07, 6.45) is 7.26. The van der Waals surface area contributed by atoms with Crippen molar-refractivity contribution >= 4 is 27.5 Å². The van der Waals surface area contributed by atoms with Crippen molar-refractivity contribution in [3.8, 4) is 0 Å². The molecule has 0 atom stereocenters. The van der Waals surface area contributed by atoms with Crippen LogP contribution in [-0.2, 0) is 19.6 Å². The maximum Gasteiger partial charge on any atom is 0.242 e. The van der Waals surface area contributed by atoms with Gasteiger partial charge in [0.25, 0.3) is 0 Å². The molecule has 8 nitrogen and oxygen atoms in total. The Morgan fingerprint density at radius 1 is 1.00 bits per heavy atom. The Morgan fingerprint density at radius 2 is 1.59 bits per heavy atom. The van der Waals surface area contributed by atoms with E-state index in [0.717, 1.165) is 41.3 Å². The van der Waals surface area contributed by atoms with Crippen LogP contribution in [0.15, 0.2) is 29.2 Å². The Labute approximate surface area is 202 Å². The van der Waals surface area contributed by atoms with E-state index in [1.807, 2.05) is 0 Å². The lowest BCUT2D eigenvalue weighted by Gasteiger charge is -2.57. The molecule has 34 heavy (non-hydrogen) atoms. The summed E-state index contributed by atoms with van der Waals surface area (Å²) in [4.78, 5) is 30.5. The number of amides is 2. The zero-order valence-electron chi connectivity index (χ0n) is 20.2. The summed E-state index contributed by atoms with van der Waals surface area (Å²) < 4.78 is 25.8. The van der Waals surface area contributed by atoms with Crippen LogP contribution in [0.5, 0.6) is 0 Å². The normalized spacial score (nSPS) is 31.1. The van der Waals surface area contributed by atoms with Crippen molar-refractivity contribution in [1.29, 1.82) is 0 Å². The lowest BCUT2D eigenvalue weighted by Crippen LogP contribution is -2.58. The van der Waals surface area contributed by atoms with Crippen molar-refractivity contribution in [2.24, 2.45) is 23.2 Å². The fourth-order valence-corrected chi connectivity index (χ4v) is 8.11. The van der Waals surface area contributed by atoms with E-state index < -0.39 is 10.0 Å². The van der Waals surface area contributed by atoms with Gasteiger partial charge in [0.15, 0.2) is 0 Å². The molecule has 1 heterocycles. The number of piperazine rings is 1. The number of sulfonamides is 1. The van der Waals surface area contributed by atoms with Crippen LogP contribution >= 0.6 is 0 Å². The summed E-state index contributed by atoms with van der Waals surface area (Å²) >= 11 is 0. The Morgan fingerprint density at radius 3 is 2.15 bits per heavy atom. The second-order valence-corrected chi connectivity index (χ2v) is 13.3. The summed E-state index contributed by atoms with van der Waals surface area (Å²) in [7, 11) is -0.599. The predicted octanol–water partition coefficient (Wildman–Crippen LogP) is 2.24. The molecule has 1 N–H and O–H groups in total. The minimum atomic E-state index is -3.56.